The largest absolute Gasteiger partial charge is 0.449 e. The van der Waals surface area contributed by atoms with Gasteiger partial charge in [0, 0.05) is 12.6 Å². The number of aliphatic hydroxyl groups excluding tert-OH is 2. The second kappa shape index (κ2) is 14.5. The monoisotopic (exact) mass is 564 g/mol. The Kier molecular flexibility index (Phi) is 11.4. The van der Waals surface area contributed by atoms with Gasteiger partial charge in [0.05, 0.1) is 25.2 Å². The highest BCUT2D eigenvalue weighted by Crippen LogP contribution is 2.39. The molecule has 2 aromatic rings. The molecule has 2 N–H and O–H groups in total. The van der Waals surface area contributed by atoms with E-state index >= 15 is 0 Å². The van der Waals surface area contributed by atoms with E-state index in [2.05, 4.69) is 29.7 Å². The summed E-state index contributed by atoms with van der Waals surface area (Å²) in [4.78, 5) is 35.5. The van der Waals surface area contributed by atoms with Crippen molar-refractivity contribution in [2.45, 2.75) is 89.6 Å². The van der Waals surface area contributed by atoms with Crippen LogP contribution in [-0.4, -0.2) is 68.5 Å². The van der Waals surface area contributed by atoms with Crippen molar-refractivity contribution in [3.63, 3.8) is 0 Å². The van der Waals surface area contributed by atoms with Crippen LogP contribution in [0.25, 0.3) is 11.0 Å². The zero-order valence-electron chi connectivity index (χ0n) is 22.5. The van der Waals surface area contributed by atoms with Crippen molar-refractivity contribution in [1.29, 1.82) is 0 Å². The molecule has 3 heterocycles. The summed E-state index contributed by atoms with van der Waals surface area (Å²) in [7, 11) is 0. The van der Waals surface area contributed by atoms with Crippen molar-refractivity contribution in [3.05, 3.63) is 17.5 Å². The first kappa shape index (κ1) is 30.6. The fourth-order valence-corrected chi connectivity index (χ4v) is 4.55. The van der Waals surface area contributed by atoms with E-state index < -0.39 is 36.7 Å². The van der Waals surface area contributed by atoms with Crippen molar-refractivity contribution in [1.82, 2.24) is 14.5 Å². The molecule has 39 heavy (non-hydrogen) atoms. The lowest BCUT2D eigenvalue weighted by Crippen LogP contribution is -2.41. The number of unbranched alkanes of at least 4 members (excludes halogenated alkanes) is 6. The molecule has 0 unspecified atom stereocenters. The summed E-state index contributed by atoms with van der Waals surface area (Å²) in [6.07, 6.45) is 10.5. The number of nitrogens with zero attached hydrogens (tertiary/aromatic N) is 4. The molecule has 0 radical (unpaired) electrons. The number of halogens is 1. The van der Waals surface area contributed by atoms with Gasteiger partial charge in [-0.3, -0.25) is 0 Å². The quantitative estimate of drug-likeness (QED) is 0.196. The van der Waals surface area contributed by atoms with Crippen LogP contribution in [0.4, 0.5) is 15.4 Å². The Morgan fingerprint density at radius 2 is 1.77 bits per heavy atom. The minimum atomic E-state index is -1.57. The van der Waals surface area contributed by atoms with Gasteiger partial charge in [-0.1, -0.05) is 58.3 Å². The van der Waals surface area contributed by atoms with Gasteiger partial charge < -0.3 is 29.0 Å². The topological polar surface area (TPSA) is 136 Å². The molecule has 214 valence electrons. The Labute approximate surface area is 233 Å². The Morgan fingerprint density at radius 1 is 1.15 bits per heavy atom. The normalized spacial score (nSPS) is 20.6. The SMILES string of the molecule is C#C[C@]1(CO)O[C@@H](n2ccc3c(N(C(=O)OCCCCCC)C(=O)OCCCCCC)nc(Cl)nc32)C[C@@H]1O. The van der Waals surface area contributed by atoms with Crippen molar-refractivity contribution >= 4 is 40.6 Å². The van der Waals surface area contributed by atoms with Crippen LogP contribution in [0.3, 0.4) is 0 Å². The predicted octanol–water partition coefficient (Wildman–Crippen LogP) is 4.97. The van der Waals surface area contributed by atoms with Crippen LogP contribution in [0.1, 0.15) is 77.9 Å². The number of aromatic nitrogens is 3. The van der Waals surface area contributed by atoms with Crippen LogP contribution in [-0.2, 0) is 14.2 Å². The summed E-state index contributed by atoms with van der Waals surface area (Å²) in [6, 6.07) is 1.58. The highest BCUT2D eigenvalue weighted by molar-refractivity contribution is 6.29. The van der Waals surface area contributed by atoms with Crippen LogP contribution in [0.15, 0.2) is 12.3 Å². The third kappa shape index (κ3) is 7.19. The van der Waals surface area contributed by atoms with Crippen molar-refractivity contribution in [2.75, 3.05) is 24.7 Å². The van der Waals surface area contributed by atoms with E-state index in [1.54, 1.807) is 16.8 Å². The third-order valence-corrected chi connectivity index (χ3v) is 6.82. The molecule has 12 heteroatoms. The van der Waals surface area contributed by atoms with Gasteiger partial charge in [-0.05, 0) is 30.5 Å². The zero-order valence-corrected chi connectivity index (χ0v) is 23.2. The average Bonchev–Trinajstić information content (AvgIpc) is 3.49. The fraction of sp³-hybridized carbons (Fsp3) is 0.630. The van der Waals surface area contributed by atoms with Gasteiger partial charge in [-0.15, -0.1) is 6.42 Å². The lowest BCUT2D eigenvalue weighted by molar-refractivity contribution is -0.0890. The van der Waals surface area contributed by atoms with Crippen molar-refractivity contribution in [2.24, 2.45) is 0 Å². The molecule has 3 rings (SSSR count). The number of hydrogen-bond donors (Lipinski definition) is 2. The zero-order chi connectivity index (χ0) is 28.4. The molecule has 11 nitrogen and oxygen atoms in total. The first-order valence-corrected chi connectivity index (χ1v) is 13.8. The number of terminal acetylenes is 1. The molecular formula is C27H37ClN4O7. The molecule has 0 aliphatic carbocycles. The fourth-order valence-electron chi connectivity index (χ4n) is 4.39. The van der Waals surface area contributed by atoms with E-state index in [-0.39, 0.29) is 36.4 Å². The summed E-state index contributed by atoms with van der Waals surface area (Å²) in [5.41, 5.74) is -1.35. The maximum absolute atomic E-state index is 13.2. The van der Waals surface area contributed by atoms with Crippen LogP contribution >= 0.6 is 11.6 Å². The van der Waals surface area contributed by atoms with Gasteiger partial charge >= 0.3 is 12.2 Å². The lowest BCUT2D eigenvalue weighted by Gasteiger charge is -2.24. The smallest absolute Gasteiger partial charge is 0.425 e. The van der Waals surface area contributed by atoms with Crippen LogP contribution < -0.4 is 4.90 Å². The number of carbonyl (C=O) groups is 2. The van der Waals surface area contributed by atoms with E-state index in [9.17, 15) is 19.8 Å². The summed E-state index contributed by atoms with van der Waals surface area (Å²) >= 11 is 6.25. The average molecular weight is 565 g/mol. The second-order valence-electron chi connectivity index (χ2n) is 9.48. The minimum Gasteiger partial charge on any atom is -0.449 e. The van der Waals surface area contributed by atoms with Gasteiger partial charge in [-0.2, -0.15) is 14.9 Å². The van der Waals surface area contributed by atoms with Gasteiger partial charge in [0.15, 0.2) is 11.4 Å². The van der Waals surface area contributed by atoms with Crippen molar-refractivity contribution < 1.29 is 34.0 Å². The molecular weight excluding hydrogens is 528 g/mol. The van der Waals surface area contributed by atoms with E-state index in [1.165, 1.54) is 0 Å². The van der Waals surface area contributed by atoms with Gasteiger partial charge in [-0.25, -0.2) is 9.59 Å². The second-order valence-corrected chi connectivity index (χ2v) is 9.82. The molecule has 1 saturated heterocycles. The first-order chi connectivity index (χ1) is 18.8. The molecule has 0 aromatic carbocycles. The maximum Gasteiger partial charge on any atom is 0.425 e. The number of amides is 2. The van der Waals surface area contributed by atoms with Gasteiger partial charge in [0.2, 0.25) is 5.28 Å². The van der Waals surface area contributed by atoms with Crippen LogP contribution in [0.2, 0.25) is 5.28 Å². The van der Waals surface area contributed by atoms with Crippen LogP contribution in [0.5, 0.6) is 0 Å². The summed E-state index contributed by atoms with van der Waals surface area (Å²) in [5, 5.41) is 20.3. The lowest BCUT2D eigenvalue weighted by atomic mass is 9.99. The number of carbonyl (C=O) groups excluding carboxylic acids is 2. The Morgan fingerprint density at radius 3 is 2.28 bits per heavy atom. The first-order valence-electron chi connectivity index (χ1n) is 13.4. The Hall–Kier alpha value is -2.91. The van der Waals surface area contributed by atoms with E-state index in [4.69, 9.17) is 32.2 Å². The standard InChI is InChI=1S/C27H37ClN4O7/c1-4-7-9-11-15-37-25(35)32(26(36)38-16-12-10-8-5-2)23-19-13-14-31(22(19)29-24(28)30-23)21-17-20(34)27(6-3,18-33)39-21/h3,13-14,20-21,33-34H,4-5,7-12,15-18H2,1-2H3/t20-,21+,27+/m0/s1. The third-order valence-electron chi connectivity index (χ3n) is 6.65. The predicted molar refractivity (Wildman–Crippen MR) is 145 cm³/mol. The summed E-state index contributed by atoms with van der Waals surface area (Å²) < 4.78 is 18.2. The Balaban J connectivity index is 1.92. The number of hydrogen-bond acceptors (Lipinski definition) is 9. The van der Waals surface area contributed by atoms with Crippen LogP contribution in [0, 0.1) is 12.3 Å². The molecule has 1 fully saturated rings. The number of anilines is 1. The molecule has 0 spiro atoms. The van der Waals surface area contributed by atoms with Gasteiger partial charge in [0.1, 0.15) is 18.0 Å². The molecule has 1 aliphatic heterocycles. The number of imide groups is 1. The highest BCUT2D eigenvalue weighted by atomic mass is 35.5. The molecule has 0 bridgehead atoms. The maximum atomic E-state index is 13.2. The summed E-state index contributed by atoms with van der Waals surface area (Å²) in [5.74, 6) is 2.22. The molecule has 0 saturated carbocycles. The van der Waals surface area contributed by atoms with E-state index in [0.717, 1.165) is 43.4 Å². The molecule has 2 amide bonds. The minimum absolute atomic E-state index is 0.0643. The number of aliphatic hydroxyl groups is 2. The summed E-state index contributed by atoms with van der Waals surface area (Å²) in [6.45, 7) is 3.84. The van der Waals surface area contributed by atoms with Gasteiger partial charge in [0.25, 0.3) is 0 Å². The molecule has 3 atom stereocenters. The van der Waals surface area contributed by atoms with E-state index in [0.29, 0.717) is 18.2 Å². The number of fused-ring (bicyclic) bond motifs is 1. The Bertz CT molecular complexity index is 1140. The van der Waals surface area contributed by atoms with E-state index in [1.807, 2.05) is 0 Å². The number of rotatable bonds is 13. The highest BCUT2D eigenvalue weighted by Gasteiger charge is 2.47. The molecule has 2 aromatic heterocycles. The van der Waals surface area contributed by atoms with Crippen molar-refractivity contribution in [3.8, 4) is 12.3 Å². The molecule has 1 aliphatic rings. The number of ether oxygens (including phenoxy) is 3.